The Balaban J connectivity index is 2.03. The number of hydrogen-bond donors (Lipinski definition) is 0. The highest BCUT2D eigenvalue weighted by Crippen LogP contribution is 2.45. The summed E-state index contributed by atoms with van der Waals surface area (Å²) in [4.78, 5) is 11.8. The van der Waals surface area contributed by atoms with Crippen LogP contribution in [0.3, 0.4) is 0 Å². The summed E-state index contributed by atoms with van der Waals surface area (Å²) in [5.41, 5.74) is 7.33. The first-order chi connectivity index (χ1) is 13.5. The van der Waals surface area contributed by atoms with E-state index in [0.717, 1.165) is 22.3 Å². The summed E-state index contributed by atoms with van der Waals surface area (Å²) in [6, 6.07) is 12.1. The molecule has 0 N–H and O–H groups in total. The molecule has 0 spiro atoms. The van der Waals surface area contributed by atoms with E-state index in [1.165, 1.54) is 31.1 Å². The van der Waals surface area contributed by atoms with E-state index in [2.05, 4.69) is 64.3 Å². The van der Waals surface area contributed by atoms with Gasteiger partial charge in [0.2, 0.25) is 0 Å². The number of esters is 1. The highest BCUT2D eigenvalue weighted by atomic mass is 16.5. The molecule has 0 heterocycles. The van der Waals surface area contributed by atoms with Crippen LogP contribution in [0.5, 0.6) is 0 Å². The van der Waals surface area contributed by atoms with Crippen molar-refractivity contribution >= 4 is 11.5 Å². The summed E-state index contributed by atoms with van der Waals surface area (Å²) < 4.78 is 4.82. The molecule has 1 aliphatic rings. The molecular formula is C27H30O2. The summed E-state index contributed by atoms with van der Waals surface area (Å²) in [6.07, 6.45) is 2.38. The van der Waals surface area contributed by atoms with E-state index < -0.39 is 0 Å². The molecule has 0 aliphatic heterocycles. The Kier molecular flexibility index (Phi) is 5.46. The van der Waals surface area contributed by atoms with Crippen LogP contribution >= 0.6 is 0 Å². The number of ether oxygens (including phenoxy) is 1. The molecule has 150 valence electrons. The average Bonchev–Trinajstić information content (AvgIpc) is 2.69. The van der Waals surface area contributed by atoms with Crippen LogP contribution in [-0.2, 0) is 15.6 Å². The summed E-state index contributed by atoms with van der Waals surface area (Å²) in [5, 5.41) is 0. The predicted octanol–water partition coefficient (Wildman–Crippen LogP) is 6.26. The van der Waals surface area contributed by atoms with Gasteiger partial charge >= 0.3 is 5.97 Å². The fourth-order valence-corrected chi connectivity index (χ4v) is 4.06. The molecule has 2 aromatic carbocycles. The lowest BCUT2D eigenvalue weighted by Gasteiger charge is -2.41. The largest absolute Gasteiger partial charge is 0.465 e. The SMILES string of the molecule is C=C(C)c1cc(C(=O)OC)ccc1C#Cc1ccc2c(c1)C(C)(C)CCC2(C)C. The van der Waals surface area contributed by atoms with E-state index in [1.54, 1.807) is 12.1 Å². The number of hydrogen-bond acceptors (Lipinski definition) is 2. The maximum absolute atomic E-state index is 11.8. The molecule has 2 nitrogen and oxygen atoms in total. The van der Waals surface area contributed by atoms with Gasteiger partial charge in [-0.1, -0.05) is 52.2 Å². The Hall–Kier alpha value is -2.79. The molecule has 0 aromatic heterocycles. The molecule has 0 radical (unpaired) electrons. The molecule has 2 heteroatoms. The minimum absolute atomic E-state index is 0.160. The van der Waals surface area contributed by atoms with E-state index in [0.29, 0.717) is 5.56 Å². The van der Waals surface area contributed by atoms with E-state index in [-0.39, 0.29) is 16.8 Å². The molecule has 0 bridgehead atoms. The van der Waals surface area contributed by atoms with Crippen LogP contribution in [0.25, 0.3) is 5.57 Å². The molecule has 2 aromatic rings. The van der Waals surface area contributed by atoms with Gasteiger partial charge in [-0.25, -0.2) is 4.79 Å². The number of methoxy groups -OCH3 is 1. The van der Waals surface area contributed by atoms with Gasteiger partial charge in [-0.2, -0.15) is 0 Å². The number of fused-ring (bicyclic) bond motifs is 1. The lowest BCUT2D eigenvalue weighted by molar-refractivity contribution is 0.0600. The number of allylic oxidation sites excluding steroid dienone is 1. The molecular weight excluding hydrogens is 356 g/mol. The predicted molar refractivity (Wildman–Crippen MR) is 120 cm³/mol. The quantitative estimate of drug-likeness (QED) is 0.450. The van der Waals surface area contributed by atoms with E-state index >= 15 is 0 Å². The number of carbonyl (C=O) groups excluding carboxylic acids is 1. The van der Waals surface area contributed by atoms with Gasteiger partial charge in [0.1, 0.15) is 0 Å². The van der Waals surface area contributed by atoms with E-state index in [9.17, 15) is 4.79 Å². The smallest absolute Gasteiger partial charge is 0.337 e. The third-order valence-electron chi connectivity index (χ3n) is 6.09. The number of carbonyl (C=O) groups is 1. The van der Waals surface area contributed by atoms with Crippen LogP contribution in [0.2, 0.25) is 0 Å². The van der Waals surface area contributed by atoms with Gasteiger partial charge in [-0.3, -0.25) is 0 Å². The number of rotatable bonds is 2. The van der Waals surface area contributed by atoms with Gasteiger partial charge in [0, 0.05) is 11.1 Å². The van der Waals surface area contributed by atoms with E-state index in [1.807, 2.05) is 13.0 Å². The summed E-state index contributed by atoms with van der Waals surface area (Å²) in [6.45, 7) is 15.3. The molecule has 29 heavy (non-hydrogen) atoms. The maximum atomic E-state index is 11.8. The zero-order chi connectivity index (χ0) is 21.4. The maximum Gasteiger partial charge on any atom is 0.337 e. The van der Waals surface area contributed by atoms with Crippen LogP contribution in [0, 0.1) is 11.8 Å². The lowest BCUT2D eigenvalue weighted by Crippen LogP contribution is -2.33. The second-order valence-electron chi connectivity index (χ2n) is 9.31. The van der Waals surface area contributed by atoms with Gasteiger partial charge in [-0.15, -0.1) is 0 Å². The third kappa shape index (κ3) is 4.15. The zero-order valence-electron chi connectivity index (χ0n) is 18.4. The first-order valence-corrected chi connectivity index (χ1v) is 10.1. The lowest BCUT2D eigenvalue weighted by atomic mass is 9.63. The van der Waals surface area contributed by atoms with Crippen molar-refractivity contribution in [3.05, 3.63) is 76.4 Å². The van der Waals surface area contributed by atoms with Gasteiger partial charge in [0.05, 0.1) is 12.7 Å². The highest BCUT2D eigenvalue weighted by molar-refractivity contribution is 5.91. The van der Waals surface area contributed by atoms with Crippen LogP contribution in [0.1, 0.15) is 85.6 Å². The van der Waals surface area contributed by atoms with Crippen LogP contribution in [-0.4, -0.2) is 13.1 Å². The minimum Gasteiger partial charge on any atom is -0.465 e. The van der Waals surface area contributed by atoms with E-state index in [4.69, 9.17) is 4.74 Å². The Morgan fingerprint density at radius 1 is 0.966 bits per heavy atom. The standard InChI is InChI=1S/C27H30O2/c1-18(2)22-17-21(25(28)29-7)12-11-20(22)10-8-19-9-13-23-24(16-19)27(5,6)15-14-26(23,3)4/h9,11-13,16-17H,1,14-15H2,2-7H3. The number of benzene rings is 2. The Bertz CT molecular complexity index is 1040. The van der Waals surface area contributed by atoms with Crippen molar-refractivity contribution in [2.75, 3.05) is 7.11 Å². The van der Waals surface area contributed by atoms with Crippen molar-refractivity contribution in [3.63, 3.8) is 0 Å². The molecule has 0 amide bonds. The average molecular weight is 387 g/mol. The third-order valence-corrected chi connectivity index (χ3v) is 6.09. The summed E-state index contributed by atoms with van der Waals surface area (Å²) in [7, 11) is 1.38. The van der Waals surface area contributed by atoms with Crippen LogP contribution in [0.4, 0.5) is 0 Å². The monoisotopic (exact) mass is 386 g/mol. The molecule has 0 fully saturated rings. The second-order valence-corrected chi connectivity index (χ2v) is 9.31. The molecule has 3 rings (SSSR count). The zero-order valence-corrected chi connectivity index (χ0v) is 18.4. The second kappa shape index (κ2) is 7.56. The van der Waals surface area contributed by atoms with Crippen LogP contribution < -0.4 is 0 Å². The van der Waals surface area contributed by atoms with Crippen molar-refractivity contribution in [3.8, 4) is 11.8 Å². The highest BCUT2D eigenvalue weighted by Gasteiger charge is 2.36. The Morgan fingerprint density at radius 3 is 2.24 bits per heavy atom. The Morgan fingerprint density at radius 2 is 1.62 bits per heavy atom. The van der Waals surface area contributed by atoms with Crippen molar-refractivity contribution in [2.45, 2.75) is 58.3 Å². The molecule has 0 atom stereocenters. The van der Waals surface area contributed by atoms with Crippen molar-refractivity contribution in [1.82, 2.24) is 0 Å². The summed E-state index contributed by atoms with van der Waals surface area (Å²) >= 11 is 0. The fraction of sp³-hybridized carbons (Fsp3) is 0.370. The van der Waals surface area contributed by atoms with Gasteiger partial charge in [0.15, 0.2) is 0 Å². The van der Waals surface area contributed by atoms with Crippen molar-refractivity contribution in [1.29, 1.82) is 0 Å². The molecule has 1 aliphatic carbocycles. The normalized spacial score (nSPS) is 16.2. The Labute approximate surface area is 175 Å². The first-order valence-electron chi connectivity index (χ1n) is 10.1. The van der Waals surface area contributed by atoms with Gasteiger partial charge in [0.25, 0.3) is 0 Å². The topological polar surface area (TPSA) is 26.3 Å². The van der Waals surface area contributed by atoms with Crippen molar-refractivity contribution < 1.29 is 9.53 Å². The van der Waals surface area contributed by atoms with Crippen LogP contribution in [0.15, 0.2) is 43.0 Å². The van der Waals surface area contributed by atoms with Crippen molar-refractivity contribution in [2.24, 2.45) is 0 Å². The molecule has 0 saturated carbocycles. The minimum atomic E-state index is -0.355. The summed E-state index contributed by atoms with van der Waals surface area (Å²) in [5.74, 6) is 6.26. The molecule has 0 saturated heterocycles. The molecule has 0 unspecified atom stereocenters. The van der Waals surface area contributed by atoms with Gasteiger partial charge in [-0.05, 0) is 83.2 Å². The fourth-order valence-electron chi connectivity index (χ4n) is 4.06. The first kappa shape index (κ1) is 20.9. The van der Waals surface area contributed by atoms with Gasteiger partial charge < -0.3 is 4.74 Å².